The zero-order valence-corrected chi connectivity index (χ0v) is 12.0. The fourth-order valence-electron chi connectivity index (χ4n) is 0.991. The maximum atomic E-state index is 11.5. The molecule has 0 saturated carbocycles. The molecule has 0 N–H and O–H groups in total. The topological polar surface area (TPSA) is 38.7 Å². The van der Waals surface area contributed by atoms with Gasteiger partial charge in [0.1, 0.15) is 0 Å². The first kappa shape index (κ1) is 13.9. The minimum absolute atomic E-state index is 0.339. The molecule has 1 aromatic carbocycles. The van der Waals surface area contributed by atoms with Crippen LogP contribution in [-0.2, 0) is 9.63 Å². The normalized spacial score (nSPS) is 12.4. The fraction of sp³-hybridized carbons (Fsp3) is 0.385. The lowest BCUT2D eigenvalue weighted by atomic mass is 9.98. The standard InChI is InChI=1S/C13H16BrNO2/c1-9(10-5-7-11(14)8-6-10)15-17-12(16)13(2,3)4/h5-8H,1-4H3/b15-9+. The molecule has 0 amide bonds. The number of oxime groups is 1. The third kappa shape index (κ3) is 4.30. The van der Waals surface area contributed by atoms with Gasteiger partial charge in [-0.15, -0.1) is 0 Å². The Morgan fingerprint density at radius 3 is 2.24 bits per heavy atom. The monoisotopic (exact) mass is 297 g/mol. The van der Waals surface area contributed by atoms with Gasteiger partial charge in [0.25, 0.3) is 0 Å². The van der Waals surface area contributed by atoms with E-state index >= 15 is 0 Å². The van der Waals surface area contributed by atoms with Gasteiger partial charge in [0.2, 0.25) is 0 Å². The van der Waals surface area contributed by atoms with Gasteiger partial charge in [-0.2, -0.15) is 0 Å². The van der Waals surface area contributed by atoms with Crippen LogP contribution in [-0.4, -0.2) is 11.7 Å². The van der Waals surface area contributed by atoms with Crippen molar-refractivity contribution in [1.29, 1.82) is 0 Å². The van der Waals surface area contributed by atoms with Gasteiger partial charge in [0.15, 0.2) is 0 Å². The van der Waals surface area contributed by atoms with Crippen LogP contribution >= 0.6 is 15.9 Å². The van der Waals surface area contributed by atoms with E-state index in [4.69, 9.17) is 4.84 Å². The molecule has 0 aromatic heterocycles. The number of nitrogens with zero attached hydrogens (tertiary/aromatic N) is 1. The minimum atomic E-state index is -0.538. The van der Waals surface area contributed by atoms with Crippen LogP contribution in [0.25, 0.3) is 0 Å². The van der Waals surface area contributed by atoms with E-state index < -0.39 is 5.41 Å². The molecule has 0 saturated heterocycles. The minimum Gasteiger partial charge on any atom is -0.317 e. The van der Waals surface area contributed by atoms with Crippen LogP contribution in [0, 0.1) is 5.41 Å². The van der Waals surface area contributed by atoms with Crippen molar-refractivity contribution in [3.63, 3.8) is 0 Å². The lowest BCUT2D eigenvalue weighted by Crippen LogP contribution is -2.21. The molecule has 0 fully saturated rings. The highest BCUT2D eigenvalue weighted by Crippen LogP contribution is 2.16. The second-order valence-electron chi connectivity index (χ2n) is 4.81. The van der Waals surface area contributed by atoms with Crippen LogP contribution in [0.15, 0.2) is 33.9 Å². The molecule has 4 heteroatoms. The molecular weight excluding hydrogens is 282 g/mol. The summed E-state index contributed by atoms with van der Waals surface area (Å²) < 4.78 is 1.00. The van der Waals surface area contributed by atoms with E-state index in [1.54, 1.807) is 27.7 Å². The highest BCUT2D eigenvalue weighted by molar-refractivity contribution is 9.10. The molecule has 3 nitrogen and oxygen atoms in total. The van der Waals surface area contributed by atoms with Crippen molar-refractivity contribution in [2.75, 3.05) is 0 Å². The van der Waals surface area contributed by atoms with Gasteiger partial charge in [0.05, 0.1) is 11.1 Å². The van der Waals surface area contributed by atoms with E-state index in [2.05, 4.69) is 21.1 Å². The molecule has 0 bridgehead atoms. The van der Waals surface area contributed by atoms with Crippen molar-refractivity contribution >= 4 is 27.6 Å². The van der Waals surface area contributed by atoms with Gasteiger partial charge in [-0.1, -0.05) is 33.2 Å². The summed E-state index contributed by atoms with van der Waals surface area (Å²) in [5.74, 6) is -0.339. The van der Waals surface area contributed by atoms with Crippen molar-refractivity contribution in [1.82, 2.24) is 0 Å². The molecule has 92 valence electrons. The zero-order chi connectivity index (χ0) is 13.1. The van der Waals surface area contributed by atoms with Crippen molar-refractivity contribution in [2.45, 2.75) is 27.7 Å². The van der Waals surface area contributed by atoms with Gasteiger partial charge < -0.3 is 4.84 Å². The summed E-state index contributed by atoms with van der Waals surface area (Å²) in [6.45, 7) is 7.18. The molecule has 0 atom stereocenters. The Morgan fingerprint density at radius 2 is 1.76 bits per heavy atom. The number of rotatable bonds is 2. The predicted octanol–water partition coefficient (Wildman–Crippen LogP) is 3.76. The third-order valence-electron chi connectivity index (χ3n) is 2.14. The van der Waals surface area contributed by atoms with E-state index in [9.17, 15) is 4.79 Å². The van der Waals surface area contributed by atoms with E-state index in [0.29, 0.717) is 5.71 Å². The second-order valence-corrected chi connectivity index (χ2v) is 5.73. The molecule has 0 aliphatic carbocycles. The largest absolute Gasteiger partial charge is 0.340 e. The first-order chi connectivity index (χ1) is 7.80. The third-order valence-corrected chi connectivity index (χ3v) is 2.67. The molecule has 0 radical (unpaired) electrons. The SMILES string of the molecule is C/C(=N\OC(=O)C(C)(C)C)c1ccc(Br)cc1. The summed E-state index contributed by atoms with van der Waals surface area (Å²) in [5.41, 5.74) is 1.06. The molecule has 0 heterocycles. The summed E-state index contributed by atoms with van der Waals surface area (Å²) in [7, 11) is 0. The first-order valence-electron chi connectivity index (χ1n) is 5.32. The Balaban J connectivity index is 2.74. The zero-order valence-electron chi connectivity index (χ0n) is 10.5. The lowest BCUT2D eigenvalue weighted by molar-refractivity contribution is -0.152. The highest BCUT2D eigenvalue weighted by atomic mass is 79.9. The molecule has 0 aliphatic heterocycles. The van der Waals surface area contributed by atoms with Gasteiger partial charge in [-0.3, -0.25) is 0 Å². The van der Waals surface area contributed by atoms with Crippen molar-refractivity contribution < 1.29 is 9.63 Å². The predicted molar refractivity (Wildman–Crippen MR) is 71.9 cm³/mol. The van der Waals surface area contributed by atoms with Crippen LogP contribution in [0.3, 0.4) is 0 Å². The number of carbonyl (C=O) groups excluding carboxylic acids is 1. The Kier molecular flexibility index (Phi) is 4.46. The quantitative estimate of drug-likeness (QED) is 0.473. The molecule has 1 aromatic rings. The van der Waals surface area contributed by atoms with Crippen LogP contribution in [0.1, 0.15) is 33.3 Å². The average Bonchev–Trinajstić information content (AvgIpc) is 2.25. The van der Waals surface area contributed by atoms with Crippen LogP contribution < -0.4 is 0 Å². The fourth-order valence-corrected chi connectivity index (χ4v) is 1.25. The van der Waals surface area contributed by atoms with Gasteiger partial charge in [-0.05, 0) is 45.4 Å². The van der Waals surface area contributed by atoms with Crippen molar-refractivity contribution in [2.24, 2.45) is 10.6 Å². The Morgan fingerprint density at radius 1 is 1.24 bits per heavy atom. The molecule has 17 heavy (non-hydrogen) atoms. The first-order valence-corrected chi connectivity index (χ1v) is 6.12. The Bertz CT molecular complexity index is 430. The highest BCUT2D eigenvalue weighted by Gasteiger charge is 2.23. The molecule has 1 rings (SSSR count). The smallest absolute Gasteiger partial charge is 0.317 e. The lowest BCUT2D eigenvalue weighted by Gasteiger charge is -2.13. The summed E-state index contributed by atoms with van der Waals surface area (Å²) in [6.07, 6.45) is 0. The van der Waals surface area contributed by atoms with Gasteiger partial charge in [-0.25, -0.2) is 4.79 Å². The summed E-state index contributed by atoms with van der Waals surface area (Å²) in [4.78, 5) is 16.4. The molecular formula is C13H16BrNO2. The number of carbonyl (C=O) groups is 1. The molecule has 0 aliphatic rings. The second kappa shape index (κ2) is 5.45. The van der Waals surface area contributed by atoms with E-state index in [1.807, 2.05) is 24.3 Å². The summed E-state index contributed by atoms with van der Waals surface area (Å²) in [5, 5.41) is 3.84. The van der Waals surface area contributed by atoms with Gasteiger partial charge >= 0.3 is 5.97 Å². The van der Waals surface area contributed by atoms with Crippen molar-refractivity contribution in [3.8, 4) is 0 Å². The molecule has 0 unspecified atom stereocenters. The van der Waals surface area contributed by atoms with E-state index in [-0.39, 0.29) is 5.97 Å². The van der Waals surface area contributed by atoms with Crippen LogP contribution in [0.5, 0.6) is 0 Å². The summed E-state index contributed by atoms with van der Waals surface area (Å²) in [6, 6.07) is 7.65. The van der Waals surface area contributed by atoms with E-state index in [0.717, 1.165) is 10.0 Å². The number of halogens is 1. The Hall–Kier alpha value is -1.16. The van der Waals surface area contributed by atoms with Crippen molar-refractivity contribution in [3.05, 3.63) is 34.3 Å². The van der Waals surface area contributed by atoms with Gasteiger partial charge in [0, 0.05) is 4.47 Å². The van der Waals surface area contributed by atoms with E-state index in [1.165, 1.54) is 0 Å². The average molecular weight is 298 g/mol. The van der Waals surface area contributed by atoms with Crippen LogP contribution in [0.4, 0.5) is 0 Å². The maximum Gasteiger partial charge on any atom is 0.340 e. The van der Waals surface area contributed by atoms with Crippen LogP contribution in [0.2, 0.25) is 0 Å². The Labute approximate surface area is 110 Å². The summed E-state index contributed by atoms with van der Waals surface area (Å²) >= 11 is 3.36. The maximum absolute atomic E-state index is 11.5. The number of hydrogen-bond acceptors (Lipinski definition) is 3. The molecule has 0 spiro atoms. The number of hydrogen-bond donors (Lipinski definition) is 0. The number of benzene rings is 1.